The summed E-state index contributed by atoms with van der Waals surface area (Å²) in [7, 11) is 0. The minimum absolute atomic E-state index is 0.00727. The fourth-order valence-corrected chi connectivity index (χ4v) is 2.37. The van der Waals surface area contributed by atoms with E-state index in [1.807, 2.05) is 6.92 Å². The second kappa shape index (κ2) is 6.83. The lowest BCUT2D eigenvalue weighted by Gasteiger charge is -2.24. The predicted octanol–water partition coefficient (Wildman–Crippen LogP) is 2.24. The molecule has 3 nitrogen and oxygen atoms in total. The molecule has 0 saturated heterocycles. The highest BCUT2D eigenvalue weighted by molar-refractivity contribution is 5.70. The SMILES string of the molecule is CCOC(=O)C[C@@H](N)CC1CCCCC1. The van der Waals surface area contributed by atoms with E-state index < -0.39 is 0 Å². The molecule has 1 rings (SSSR count). The van der Waals surface area contributed by atoms with Crippen LogP contribution in [0, 0.1) is 5.92 Å². The summed E-state index contributed by atoms with van der Waals surface area (Å²) in [6, 6.07) is -0.00727. The van der Waals surface area contributed by atoms with Crippen LogP contribution in [0.4, 0.5) is 0 Å². The van der Waals surface area contributed by atoms with Gasteiger partial charge in [0, 0.05) is 6.04 Å². The van der Waals surface area contributed by atoms with Crippen LogP contribution >= 0.6 is 0 Å². The first-order valence-electron chi connectivity index (χ1n) is 6.13. The number of rotatable bonds is 5. The molecular formula is C12H23NO2. The van der Waals surface area contributed by atoms with E-state index in [2.05, 4.69) is 0 Å². The van der Waals surface area contributed by atoms with Gasteiger partial charge in [0.05, 0.1) is 13.0 Å². The Kier molecular flexibility index (Phi) is 5.69. The molecule has 0 aromatic rings. The molecule has 2 N–H and O–H groups in total. The Morgan fingerprint density at radius 3 is 2.67 bits per heavy atom. The summed E-state index contributed by atoms with van der Waals surface area (Å²) in [6.45, 7) is 2.28. The van der Waals surface area contributed by atoms with Crippen molar-refractivity contribution in [3.05, 3.63) is 0 Å². The van der Waals surface area contributed by atoms with Gasteiger partial charge in [0.2, 0.25) is 0 Å². The molecule has 0 aromatic heterocycles. The Hall–Kier alpha value is -0.570. The van der Waals surface area contributed by atoms with Crippen LogP contribution in [-0.2, 0) is 9.53 Å². The number of carbonyl (C=O) groups is 1. The quantitative estimate of drug-likeness (QED) is 0.712. The van der Waals surface area contributed by atoms with E-state index in [0.29, 0.717) is 13.0 Å². The summed E-state index contributed by atoms with van der Waals surface area (Å²) >= 11 is 0. The predicted molar refractivity (Wildman–Crippen MR) is 60.4 cm³/mol. The minimum atomic E-state index is -0.152. The van der Waals surface area contributed by atoms with Gasteiger partial charge >= 0.3 is 5.97 Å². The number of hydrogen-bond donors (Lipinski definition) is 1. The third-order valence-electron chi connectivity index (χ3n) is 3.10. The van der Waals surface area contributed by atoms with E-state index in [0.717, 1.165) is 12.3 Å². The van der Waals surface area contributed by atoms with Crippen LogP contribution in [0.1, 0.15) is 51.9 Å². The van der Waals surface area contributed by atoms with Crippen LogP contribution in [0.3, 0.4) is 0 Å². The third-order valence-corrected chi connectivity index (χ3v) is 3.10. The molecule has 0 radical (unpaired) electrons. The van der Waals surface area contributed by atoms with Gasteiger partial charge < -0.3 is 10.5 Å². The molecule has 0 spiro atoms. The molecule has 0 heterocycles. The zero-order valence-corrected chi connectivity index (χ0v) is 9.71. The molecule has 1 atom stereocenters. The van der Waals surface area contributed by atoms with Crippen molar-refractivity contribution < 1.29 is 9.53 Å². The van der Waals surface area contributed by atoms with Crippen LogP contribution < -0.4 is 5.73 Å². The molecule has 0 unspecified atom stereocenters. The monoisotopic (exact) mass is 213 g/mol. The molecule has 1 saturated carbocycles. The van der Waals surface area contributed by atoms with Gasteiger partial charge in [-0.3, -0.25) is 4.79 Å². The van der Waals surface area contributed by atoms with Crippen molar-refractivity contribution in [2.75, 3.05) is 6.61 Å². The van der Waals surface area contributed by atoms with E-state index in [1.54, 1.807) is 0 Å². The first-order valence-corrected chi connectivity index (χ1v) is 6.13. The van der Waals surface area contributed by atoms with Crippen molar-refractivity contribution >= 4 is 5.97 Å². The van der Waals surface area contributed by atoms with Crippen LogP contribution in [0.25, 0.3) is 0 Å². The Balaban J connectivity index is 2.16. The summed E-state index contributed by atoms with van der Waals surface area (Å²) < 4.78 is 4.88. The van der Waals surface area contributed by atoms with Crippen molar-refractivity contribution in [3.63, 3.8) is 0 Å². The molecule has 1 aliphatic rings. The van der Waals surface area contributed by atoms with E-state index >= 15 is 0 Å². The van der Waals surface area contributed by atoms with Crippen molar-refractivity contribution in [2.45, 2.75) is 57.9 Å². The lowest BCUT2D eigenvalue weighted by molar-refractivity contribution is -0.143. The zero-order valence-electron chi connectivity index (χ0n) is 9.71. The maximum absolute atomic E-state index is 11.2. The molecule has 0 aliphatic heterocycles. The molecule has 15 heavy (non-hydrogen) atoms. The number of carbonyl (C=O) groups excluding carboxylic acids is 1. The molecule has 0 bridgehead atoms. The van der Waals surface area contributed by atoms with Gasteiger partial charge in [-0.25, -0.2) is 0 Å². The fraction of sp³-hybridized carbons (Fsp3) is 0.917. The van der Waals surface area contributed by atoms with Gasteiger partial charge in [0.15, 0.2) is 0 Å². The highest BCUT2D eigenvalue weighted by Gasteiger charge is 2.18. The first kappa shape index (κ1) is 12.5. The zero-order chi connectivity index (χ0) is 11.1. The Morgan fingerprint density at radius 1 is 1.40 bits per heavy atom. The number of nitrogens with two attached hydrogens (primary N) is 1. The second-order valence-corrected chi connectivity index (χ2v) is 4.51. The topological polar surface area (TPSA) is 52.3 Å². The fourth-order valence-electron chi connectivity index (χ4n) is 2.37. The van der Waals surface area contributed by atoms with Crippen molar-refractivity contribution in [1.82, 2.24) is 0 Å². The summed E-state index contributed by atoms with van der Waals surface area (Å²) in [5, 5.41) is 0. The average molecular weight is 213 g/mol. The summed E-state index contributed by atoms with van der Waals surface area (Å²) in [4.78, 5) is 11.2. The second-order valence-electron chi connectivity index (χ2n) is 4.51. The lowest BCUT2D eigenvalue weighted by atomic mass is 9.84. The van der Waals surface area contributed by atoms with Crippen LogP contribution in [0.5, 0.6) is 0 Å². The highest BCUT2D eigenvalue weighted by Crippen LogP contribution is 2.27. The van der Waals surface area contributed by atoms with E-state index in [1.165, 1.54) is 32.1 Å². The molecule has 1 aliphatic carbocycles. The molecule has 1 fully saturated rings. The summed E-state index contributed by atoms with van der Waals surface area (Å²) in [6.07, 6.45) is 7.97. The Labute approximate surface area is 92.4 Å². The van der Waals surface area contributed by atoms with E-state index in [4.69, 9.17) is 10.5 Å². The Morgan fingerprint density at radius 2 is 2.07 bits per heavy atom. The van der Waals surface area contributed by atoms with Gasteiger partial charge in [0.25, 0.3) is 0 Å². The lowest BCUT2D eigenvalue weighted by Crippen LogP contribution is -2.28. The third kappa shape index (κ3) is 5.17. The normalized spacial score (nSPS) is 19.9. The minimum Gasteiger partial charge on any atom is -0.466 e. The number of hydrogen-bond acceptors (Lipinski definition) is 3. The maximum atomic E-state index is 11.2. The number of esters is 1. The molecular weight excluding hydrogens is 190 g/mol. The number of ether oxygens (including phenoxy) is 1. The van der Waals surface area contributed by atoms with Crippen molar-refractivity contribution in [2.24, 2.45) is 11.7 Å². The van der Waals surface area contributed by atoms with Gasteiger partial charge in [-0.15, -0.1) is 0 Å². The van der Waals surface area contributed by atoms with Crippen LogP contribution in [-0.4, -0.2) is 18.6 Å². The van der Waals surface area contributed by atoms with Crippen LogP contribution in [0.15, 0.2) is 0 Å². The van der Waals surface area contributed by atoms with Gasteiger partial charge in [0.1, 0.15) is 0 Å². The first-order chi connectivity index (χ1) is 7.22. The summed E-state index contributed by atoms with van der Waals surface area (Å²) in [5.41, 5.74) is 5.93. The van der Waals surface area contributed by atoms with Crippen LogP contribution in [0.2, 0.25) is 0 Å². The largest absolute Gasteiger partial charge is 0.466 e. The molecule has 88 valence electrons. The summed E-state index contributed by atoms with van der Waals surface area (Å²) in [5.74, 6) is 0.587. The van der Waals surface area contributed by atoms with E-state index in [-0.39, 0.29) is 12.0 Å². The van der Waals surface area contributed by atoms with Crippen molar-refractivity contribution in [3.8, 4) is 0 Å². The van der Waals surface area contributed by atoms with Gasteiger partial charge in [-0.2, -0.15) is 0 Å². The standard InChI is InChI=1S/C12H23NO2/c1-2-15-12(14)9-11(13)8-10-6-4-3-5-7-10/h10-11H,2-9,13H2,1H3/t11-/m0/s1. The highest BCUT2D eigenvalue weighted by atomic mass is 16.5. The average Bonchev–Trinajstić information content (AvgIpc) is 2.19. The van der Waals surface area contributed by atoms with Crippen molar-refractivity contribution in [1.29, 1.82) is 0 Å². The smallest absolute Gasteiger partial charge is 0.307 e. The maximum Gasteiger partial charge on any atom is 0.307 e. The molecule has 0 aromatic carbocycles. The molecule has 3 heteroatoms. The van der Waals surface area contributed by atoms with E-state index in [9.17, 15) is 4.79 Å². The molecule has 0 amide bonds. The van der Waals surface area contributed by atoms with Gasteiger partial charge in [-0.05, 0) is 19.3 Å². The van der Waals surface area contributed by atoms with Gasteiger partial charge in [-0.1, -0.05) is 32.1 Å². The Bertz CT molecular complexity index is 188.